The predicted octanol–water partition coefficient (Wildman–Crippen LogP) is 2.52. The molecule has 1 rings (SSSR count). The number of hydrogen-bond donors (Lipinski definition) is 0. The van der Waals surface area contributed by atoms with Crippen LogP contribution in [0, 0.1) is 0 Å². The zero-order valence-electron chi connectivity index (χ0n) is 13.1. The molecule has 0 bridgehead atoms. The van der Waals surface area contributed by atoms with Crippen molar-refractivity contribution in [1.29, 1.82) is 0 Å². The van der Waals surface area contributed by atoms with Gasteiger partial charge in [-0.05, 0) is 27.2 Å². The maximum atomic E-state index is 5.84. The van der Waals surface area contributed by atoms with Crippen molar-refractivity contribution in [2.45, 2.75) is 33.2 Å². The second-order valence-corrected chi connectivity index (χ2v) is 7.33. The van der Waals surface area contributed by atoms with Gasteiger partial charge in [-0.1, -0.05) is 0 Å². The summed E-state index contributed by atoms with van der Waals surface area (Å²) in [5, 5.41) is 0. The number of nitrogens with zero attached hydrogens (tertiary/aromatic N) is 2. The number of halogens is 1. The molecule has 0 aromatic rings. The standard InChI is InChI=1S/C13H28N2O3Si.ClH/c1-5-16-19(17-6-2,18-7-3)12-8-9-15-11-10-14(4)13-15;/h10-11H,5-9,12-13H2,1-4H3;1H. The molecule has 0 saturated carbocycles. The van der Waals surface area contributed by atoms with Gasteiger partial charge in [0.25, 0.3) is 0 Å². The molecule has 0 atom stereocenters. The molecule has 1 aliphatic rings. The average Bonchev–Trinajstić information content (AvgIpc) is 2.76. The minimum Gasteiger partial charge on any atom is -0.374 e. The van der Waals surface area contributed by atoms with Crippen LogP contribution in [0.1, 0.15) is 27.2 Å². The molecule has 1 heterocycles. The van der Waals surface area contributed by atoms with Crippen molar-refractivity contribution in [2.75, 3.05) is 40.1 Å². The number of hydrogen-bond acceptors (Lipinski definition) is 5. The highest BCUT2D eigenvalue weighted by atomic mass is 35.5. The summed E-state index contributed by atoms with van der Waals surface area (Å²) in [7, 11) is -0.369. The molecule has 0 aromatic heterocycles. The van der Waals surface area contributed by atoms with Gasteiger partial charge in [0.2, 0.25) is 0 Å². The Morgan fingerprint density at radius 1 is 1.00 bits per heavy atom. The molecular weight excluding hydrogens is 296 g/mol. The fraction of sp³-hybridized carbons (Fsp3) is 0.846. The van der Waals surface area contributed by atoms with Crippen LogP contribution in [-0.4, -0.2) is 58.7 Å². The van der Waals surface area contributed by atoms with Gasteiger partial charge in [0.15, 0.2) is 0 Å². The van der Waals surface area contributed by atoms with Crippen LogP contribution in [0.25, 0.3) is 0 Å². The summed E-state index contributed by atoms with van der Waals surface area (Å²) < 4.78 is 17.5. The third-order valence-electron chi connectivity index (χ3n) is 2.96. The fourth-order valence-electron chi connectivity index (χ4n) is 2.23. The van der Waals surface area contributed by atoms with Crippen molar-refractivity contribution >= 4 is 21.2 Å². The first-order valence-corrected chi connectivity index (χ1v) is 9.13. The van der Waals surface area contributed by atoms with Gasteiger partial charge in [-0.3, -0.25) is 0 Å². The van der Waals surface area contributed by atoms with E-state index in [0.29, 0.717) is 19.8 Å². The van der Waals surface area contributed by atoms with E-state index in [1.807, 2.05) is 20.8 Å². The lowest BCUT2D eigenvalue weighted by Crippen LogP contribution is -2.46. The van der Waals surface area contributed by atoms with Gasteiger partial charge in [-0.25, -0.2) is 0 Å². The van der Waals surface area contributed by atoms with Crippen molar-refractivity contribution in [1.82, 2.24) is 9.80 Å². The lowest BCUT2D eigenvalue weighted by Gasteiger charge is -2.29. The molecule has 0 aromatic carbocycles. The summed E-state index contributed by atoms with van der Waals surface area (Å²) in [5.41, 5.74) is 0. The quantitative estimate of drug-likeness (QED) is 0.577. The van der Waals surface area contributed by atoms with Crippen LogP contribution < -0.4 is 0 Å². The predicted molar refractivity (Wildman–Crippen MR) is 85.8 cm³/mol. The van der Waals surface area contributed by atoms with Crippen LogP contribution in [0.3, 0.4) is 0 Å². The summed E-state index contributed by atoms with van der Waals surface area (Å²) in [5.74, 6) is 0. The maximum absolute atomic E-state index is 5.84. The Kier molecular flexibility index (Phi) is 10.3. The highest BCUT2D eigenvalue weighted by Crippen LogP contribution is 2.19. The largest absolute Gasteiger partial charge is 0.500 e. The molecule has 0 fully saturated rings. The van der Waals surface area contributed by atoms with Crippen LogP contribution in [0.15, 0.2) is 12.4 Å². The first-order chi connectivity index (χ1) is 9.15. The Morgan fingerprint density at radius 3 is 1.95 bits per heavy atom. The van der Waals surface area contributed by atoms with E-state index in [1.165, 1.54) is 0 Å². The van der Waals surface area contributed by atoms with E-state index in [-0.39, 0.29) is 12.4 Å². The topological polar surface area (TPSA) is 34.2 Å². The second kappa shape index (κ2) is 10.5. The SMILES string of the molecule is CCO[Si](CCCN1C=CN(C)C1)(OCC)OCC.Cl. The van der Waals surface area contributed by atoms with Crippen LogP contribution >= 0.6 is 12.4 Å². The molecule has 1 aliphatic heterocycles. The molecule has 0 N–H and O–H groups in total. The van der Waals surface area contributed by atoms with E-state index < -0.39 is 8.80 Å². The third kappa shape index (κ3) is 6.45. The van der Waals surface area contributed by atoms with Crippen LogP contribution in [0.4, 0.5) is 0 Å². The minimum absolute atomic E-state index is 0. The van der Waals surface area contributed by atoms with Crippen molar-refractivity contribution < 1.29 is 13.3 Å². The molecule has 0 spiro atoms. The molecule has 0 amide bonds. The van der Waals surface area contributed by atoms with E-state index in [2.05, 4.69) is 29.2 Å². The normalized spacial score (nSPS) is 14.8. The second-order valence-electron chi connectivity index (χ2n) is 4.59. The molecule has 0 aliphatic carbocycles. The Labute approximate surface area is 130 Å². The van der Waals surface area contributed by atoms with Gasteiger partial charge < -0.3 is 23.1 Å². The van der Waals surface area contributed by atoms with E-state index in [4.69, 9.17) is 13.3 Å². The monoisotopic (exact) mass is 324 g/mol. The Morgan fingerprint density at radius 2 is 1.55 bits per heavy atom. The highest BCUT2D eigenvalue weighted by Gasteiger charge is 2.39. The van der Waals surface area contributed by atoms with E-state index in [0.717, 1.165) is 25.7 Å². The summed E-state index contributed by atoms with van der Waals surface area (Å²) in [4.78, 5) is 4.46. The van der Waals surface area contributed by atoms with Crippen molar-refractivity contribution in [3.63, 3.8) is 0 Å². The van der Waals surface area contributed by atoms with E-state index >= 15 is 0 Å². The third-order valence-corrected chi connectivity index (χ3v) is 6.11. The Balaban J connectivity index is 0.00000361. The smallest absolute Gasteiger partial charge is 0.374 e. The molecule has 5 nitrogen and oxygen atoms in total. The molecule has 0 unspecified atom stereocenters. The summed E-state index contributed by atoms with van der Waals surface area (Å²) in [6, 6.07) is 0.885. The number of rotatable bonds is 10. The van der Waals surface area contributed by atoms with Crippen LogP contribution in [-0.2, 0) is 13.3 Å². The molecule has 0 radical (unpaired) electrons. The maximum Gasteiger partial charge on any atom is 0.500 e. The zero-order valence-corrected chi connectivity index (χ0v) is 14.9. The van der Waals surface area contributed by atoms with E-state index in [1.54, 1.807) is 0 Å². The minimum atomic E-state index is -2.45. The van der Waals surface area contributed by atoms with Gasteiger partial charge in [0, 0.05) is 51.9 Å². The summed E-state index contributed by atoms with van der Waals surface area (Å²) in [6.07, 6.45) is 5.26. The van der Waals surface area contributed by atoms with Gasteiger partial charge in [0.1, 0.15) is 0 Å². The van der Waals surface area contributed by atoms with Crippen molar-refractivity contribution in [2.24, 2.45) is 0 Å². The van der Waals surface area contributed by atoms with Gasteiger partial charge in [-0.15, -0.1) is 12.4 Å². The lowest BCUT2D eigenvalue weighted by molar-refractivity contribution is 0.0702. The Hall–Kier alpha value is -0.273. The molecule has 0 saturated heterocycles. The van der Waals surface area contributed by atoms with Gasteiger partial charge >= 0.3 is 8.80 Å². The van der Waals surface area contributed by atoms with Crippen LogP contribution in [0.5, 0.6) is 0 Å². The first kappa shape index (κ1) is 19.7. The van der Waals surface area contributed by atoms with Gasteiger partial charge in [0.05, 0.1) is 6.67 Å². The van der Waals surface area contributed by atoms with Crippen molar-refractivity contribution in [3.05, 3.63) is 12.4 Å². The highest BCUT2D eigenvalue weighted by molar-refractivity contribution is 6.60. The summed E-state index contributed by atoms with van der Waals surface area (Å²) in [6.45, 7) is 9.93. The van der Waals surface area contributed by atoms with Crippen molar-refractivity contribution in [3.8, 4) is 0 Å². The molecule has 7 heteroatoms. The Bertz CT molecular complexity index is 265. The van der Waals surface area contributed by atoms with Crippen LogP contribution in [0.2, 0.25) is 6.04 Å². The summed E-state index contributed by atoms with van der Waals surface area (Å²) >= 11 is 0. The zero-order chi connectivity index (χ0) is 14.1. The molecule has 120 valence electrons. The fourth-order valence-corrected chi connectivity index (χ4v) is 4.83. The molecular formula is C13H29ClN2O3Si. The van der Waals surface area contributed by atoms with E-state index in [9.17, 15) is 0 Å². The average molecular weight is 325 g/mol. The molecule has 20 heavy (non-hydrogen) atoms. The lowest BCUT2D eigenvalue weighted by atomic mass is 10.4. The first-order valence-electron chi connectivity index (χ1n) is 7.20. The van der Waals surface area contributed by atoms with Gasteiger partial charge in [-0.2, -0.15) is 0 Å².